The van der Waals surface area contributed by atoms with Gasteiger partial charge in [0.15, 0.2) is 0 Å². The van der Waals surface area contributed by atoms with E-state index in [1.165, 1.54) is 0 Å². The van der Waals surface area contributed by atoms with Gasteiger partial charge in [-0.1, -0.05) is 13.8 Å². The quantitative estimate of drug-likeness (QED) is 0.758. The molecule has 1 aliphatic heterocycles. The first-order chi connectivity index (χ1) is 9.58. The molecule has 4 heteroatoms. The van der Waals surface area contributed by atoms with Gasteiger partial charge in [-0.3, -0.25) is 9.59 Å². The lowest BCUT2D eigenvalue weighted by Crippen LogP contribution is -2.43. The van der Waals surface area contributed by atoms with Gasteiger partial charge in [-0.15, -0.1) is 0 Å². The van der Waals surface area contributed by atoms with Crippen LogP contribution in [0, 0.1) is 17.8 Å². The Morgan fingerprint density at radius 3 is 2.30 bits per heavy atom. The van der Waals surface area contributed by atoms with Crippen molar-refractivity contribution in [2.24, 2.45) is 17.8 Å². The van der Waals surface area contributed by atoms with E-state index in [0.717, 1.165) is 58.2 Å². The molecule has 0 aromatic heterocycles. The Morgan fingerprint density at radius 2 is 1.75 bits per heavy atom. The van der Waals surface area contributed by atoms with Gasteiger partial charge in [0.1, 0.15) is 0 Å². The summed E-state index contributed by atoms with van der Waals surface area (Å²) in [4.78, 5) is 25.9. The monoisotopic (exact) mass is 280 g/mol. The van der Waals surface area contributed by atoms with Crippen LogP contribution in [-0.4, -0.2) is 36.3 Å². The highest BCUT2D eigenvalue weighted by molar-refractivity contribution is 5.82. The van der Waals surface area contributed by atoms with Crippen LogP contribution in [0.1, 0.15) is 52.4 Å². The highest BCUT2D eigenvalue weighted by Crippen LogP contribution is 2.32. The lowest BCUT2D eigenvalue weighted by atomic mass is 9.95. The normalized spacial score (nSPS) is 20.2. The average molecular weight is 280 g/mol. The van der Waals surface area contributed by atoms with Gasteiger partial charge in [-0.25, -0.2) is 0 Å². The van der Waals surface area contributed by atoms with E-state index in [1.54, 1.807) is 0 Å². The van der Waals surface area contributed by atoms with Crippen molar-refractivity contribution in [1.29, 1.82) is 0 Å². The predicted molar refractivity (Wildman–Crippen MR) is 79.1 cm³/mol. The van der Waals surface area contributed by atoms with Gasteiger partial charge >= 0.3 is 0 Å². The van der Waals surface area contributed by atoms with E-state index in [-0.39, 0.29) is 11.8 Å². The molecule has 0 radical (unpaired) electrons. The Balaban J connectivity index is 1.62. The minimum atomic E-state index is 0.109. The predicted octanol–water partition coefficient (Wildman–Crippen LogP) is 2.19. The second-order valence-corrected chi connectivity index (χ2v) is 6.70. The molecule has 2 rings (SSSR count). The van der Waals surface area contributed by atoms with E-state index in [2.05, 4.69) is 19.2 Å². The molecule has 0 spiro atoms. The van der Waals surface area contributed by atoms with E-state index in [1.807, 2.05) is 4.90 Å². The van der Waals surface area contributed by atoms with E-state index in [0.29, 0.717) is 17.7 Å². The standard InChI is InChI=1S/C16H28N2O2/c1-12(2)4-3-9-17-15(19)13-7-10-18(11-8-13)16(20)14-5-6-14/h12-14H,3-11H2,1-2H3,(H,17,19). The number of nitrogens with zero attached hydrogens (tertiary/aromatic N) is 1. The third kappa shape index (κ3) is 4.50. The second-order valence-electron chi connectivity index (χ2n) is 6.70. The van der Waals surface area contributed by atoms with E-state index >= 15 is 0 Å². The molecule has 1 N–H and O–H groups in total. The molecular formula is C16H28N2O2. The van der Waals surface area contributed by atoms with Crippen molar-refractivity contribution < 1.29 is 9.59 Å². The molecule has 2 amide bonds. The van der Waals surface area contributed by atoms with Crippen molar-refractivity contribution in [1.82, 2.24) is 10.2 Å². The van der Waals surface area contributed by atoms with Gasteiger partial charge in [0.05, 0.1) is 0 Å². The fourth-order valence-electron chi connectivity index (χ4n) is 2.82. The van der Waals surface area contributed by atoms with Crippen molar-refractivity contribution in [3.8, 4) is 0 Å². The summed E-state index contributed by atoms with van der Waals surface area (Å²) in [6.07, 6.45) is 6.00. The second kappa shape index (κ2) is 7.09. The lowest BCUT2D eigenvalue weighted by Gasteiger charge is -2.31. The molecule has 0 unspecified atom stereocenters. The Morgan fingerprint density at radius 1 is 1.10 bits per heavy atom. The van der Waals surface area contributed by atoms with E-state index < -0.39 is 0 Å². The van der Waals surface area contributed by atoms with Gasteiger partial charge in [-0.2, -0.15) is 0 Å². The highest BCUT2D eigenvalue weighted by Gasteiger charge is 2.35. The topological polar surface area (TPSA) is 49.4 Å². The van der Waals surface area contributed by atoms with Crippen LogP contribution in [0.25, 0.3) is 0 Å². The summed E-state index contributed by atoms with van der Waals surface area (Å²) in [5.41, 5.74) is 0. The zero-order valence-corrected chi connectivity index (χ0v) is 12.9. The van der Waals surface area contributed by atoms with Crippen molar-refractivity contribution in [2.75, 3.05) is 19.6 Å². The molecule has 2 aliphatic rings. The minimum absolute atomic E-state index is 0.109. The Labute approximate surface area is 122 Å². The largest absolute Gasteiger partial charge is 0.356 e. The summed E-state index contributed by atoms with van der Waals surface area (Å²) in [5, 5.41) is 3.04. The first kappa shape index (κ1) is 15.3. The van der Waals surface area contributed by atoms with Crippen molar-refractivity contribution in [3.05, 3.63) is 0 Å². The third-order valence-electron chi connectivity index (χ3n) is 4.36. The van der Waals surface area contributed by atoms with Crippen LogP contribution in [-0.2, 0) is 9.59 Å². The van der Waals surface area contributed by atoms with Gasteiger partial charge in [0.2, 0.25) is 11.8 Å². The molecule has 0 aromatic rings. The van der Waals surface area contributed by atoms with Crippen molar-refractivity contribution >= 4 is 11.8 Å². The van der Waals surface area contributed by atoms with Crippen LogP contribution in [0.15, 0.2) is 0 Å². The highest BCUT2D eigenvalue weighted by atomic mass is 16.2. The number of rotatable bonds is 6. The molecule has 20 heavy (non-hydrogen) atoms. The first-order valence-electron chi connectivity index (χ1n) is 8.14. The number of amides is 2. The summed E-state index contributed by atoms with van der Waals surface area (Å²) in [5.74, 6) is 1.62. The maximum Gasteiger partial charge on any atom is 0.225 e. The summed E-state index contributed by atoms with van der Waals surface area (Å²) in [6.45, 7) is 6.72. The van der Waals surface area contributed by atoms with Gasteiger partial charge in [0, 0.05) is 31.5 Å². The zero-order chi connectivity index (χ0) is 14.5. The van der Waals surface area contributed by atoms with Crippen LogP contribution >= 0.6 is 0 Å². The number of likely N-dealkylation sites (tertiary alicyclic amines) is 1. The van der Waals surface area contributed by atoms with Crippen LogP contribution < -0.4 is 5.32 Å². The van der Waals surface area contributed by atoms with Gasteiger partial charge in [-0.05, 0) is 44.4 Å². The Bertz CT molecular complexity index is 342. The first-order valence-corrected chi connectivity index (χ1v) is 8.14. The SMILES string of the molecule is CC(C)CCCNC(=O)C1CCN(C(=O)C2CC2)CC1. The summed E-state index contributed by atoms with van der Waals surface area (Å²) in [7, 11) is 0. The molecule has 1 heterocycles. The molecule has 114 valence electrons. The molecule has 1 aliphatic carbocycles. The minimum Gasteiger partial charge on any atom is -0.356 e. The van der Waals surface area contributed by atoms with E-state index in [9.17, 15) is 9.59 Å². The molecule has 1 saturated heterocycles. The molecule has 2 fully saturated rings. The number of hydrogen-bond acceptors (Lipinski definition) is 2. The Hall–Kier alpha value is -1.06. The van der Waals surface area contributed by atoms with Gasteiger partial charge < -0.3 is 10.2 Å². The smallest absolute Gasteiger partial charge is 0.225 e. The third-order valence-corrected chi connectivity index (χ3v) is 4.36. The van der Waals surface area contributed by atoms with Crippen LogP contribution in [0.3, 0.4) is 0 Å². The van der Waals surface area contributed by atoms with E-state index in [4.69, 9.17) is 0 Å². The Kier molecular flexibility index (Phi) is 5.44. The fourth-order valence-corrected chi connectivity index (χ4v) is 2.82. The number of hydrogen-bond donors (Lipinski definition) is 1. The van der Waals surface area contributed by atoms with Crippen LogP contribution in [0.4, 0.5) is 0 Å². The number of carbonyl (C=O) groups excluding carboxylic acids is 2. The van der Waals surface area contributed by atoms with Crippen LogP contribution in [0.2, 0.25) is 0 Å². The zero-order valence-electron chi connectivity index (χ0n) is 12.9. The lowest BCUT2D eigenvalue weighted by molar-refractivity contribution is -0.136. The molecular weight excluding hydrogens is 252 g/mol. The molecule has 4 nitrogen and oxygen atoms in total. The van der Waals surface area contributed by atoms with Gasteiger partial charge in [0.25, 0.3) is 0 Å². The molecule has 0 atom stereocenters. The summed E-state index contributed by atoms with van der Waals surface area (Å²) in [6, 6.07) is 0. The van der Waals surface area contributed by atoms with Crippen LogP contribution in [0.5, 0.6) is 0 Å². The fraction of sp³-hybridized carbons (Fsp3) is 0.875. The molecule has 0 bridgehead atoms. The maximum atomic E-state index is 12.1. The van der Waals surface area contributed by atoms with Crippen molar-refractivity contribution in [2.45, 2.75) is 52.4 Å². The number of piperidine rings is 1. The van der Waals surface area contributed by atoms with Crippen molar-refractivity contribution in [3.63, 3.8) is 0 Å². The average Bonchev–Trinajstić information content (AvgIpc) is 3.27. The molecule has 0 aromatic carbocycles. The summed E-state index contributed by atoms with van der Waals surface area (Å²) >= 11 is 0. The number of nitrogens with one attached hydrogen (secondary N) is 1. The maximum absolute atomic E-state index is 12.1. The molecule has 1 saturated carbocycles. The summed E-state index contributed by atoms with van der Waals surface area (Å²) < 4.78 is 0. The number of carbonyl (C=O) groups is 2.